The van der Waals surface area contributed by atoms with E-state index >= 15 is 0 Å². The summed E-state index contributed by atoms with van der Waals surface area (Å²) in [6, 6.07) is 2.37. The molecule has 0 amide bonds. The van der Waals surface area contributed by atoms with Crippen molar-refractivity contribution in [2.24, 2.45) is 11.1 Å². The third-order valence-corrected chi connectivity index (χ3v) is 4.29. The van der Waals surface area contributed by atoms with Gasteiger partial charge in [-0.3, -0.25) is 4.98 Å². The van der Waals surface area contributed by atoms with E-state index in [1.165, 1.54) is 31.2 Å². The van der Waals surface area contributed by atoms with E-state index in [1.54, 1.807) is 0 Å². The van der Waals surface area contributed by atoms with Gasteiger partial charge in [0.15, 0.2) is 0 Å². The molecule has 2 nitrogen and oxygen atoms in total. The molecule has 3 heteroatoms. The lowest BCUT2D eigenvalue weighted by atomic mass is 9.78. The van der Waals surface area contributed by atoms with Gasteiger partial charge in [0.1, 0.15) is 0 Å². The highest BCUT2D eigenvalue weighted by atomic mass is 79.9. The van der Waals surface area contributed by atoms with Crippen molar-refractivity contribution in [3.05, 3.63) is 28.5 Å². The molecule has 1 atom stereocenters. The number of pyridine rings is 1. The summed E-state index contributed by atoms with van der Waals surface area (Å²) >= 11 is 3.45. The number of rotatable bonds is 3. The van der Waals surface area contributed by atoms with E-state index in [2.05, 4.69) is 33.9 Å². The van der Waals surface area contributed by atoms with Crippen molar-refractivity contribution in [1.82, 2.24) is 4.98 Å². The van der Waals surface area contributed by atoms with Crippen molar-refractivity contribution in [1.29, 1.82) is 0 Å². The first-order chi connectivity index (χ1) is 7.60. The minimum Gasteiger partial charge on any atom is -0.327 e. The second-order valence-electron chi connectivity index (χ2n) is 5.18. The molecule has 0 aromatic carbocycles. The summed E-state index contributed by atoms with van der Waals surface area (Å²) in [5, 5.41) is 0. The number of halogens is 1. The summed E-state index contributed by atoms with van der Waals surface area (Å²) < 4.78 is 1.04. The molecule has 16 heavy (non-hydrogen) atoms. The van der Waals surface area contributed by atoms with Gasteiger partial charge in [-0.15, -0.1) is 0 Å². The Balaban J connectivity index is 2.04. The highest BCUT2D eigenvalue weighted by Crippen LogP contribution is 2.40. The Labute approximate surface area is 106 Å². The maximum absolute atomic E-state index is 6.35. The first kappa shape index (κ1) is 12.1. The zero-order valence-corrected chi connectivity index (χ0v) is 11.3. The van der Waals surface area contributed by atoms with Crippen LogP contribution in [0.25, 0.3) is 0 Å². The van der Waals surface area contributed by atoms with Crippen LogP contribution in [0.2, 0.25) is 0 Å². The molecule has 1 aromatic rings. The van der Waals surface area contributed by atoms with Crippen molar-refractivity contribution in [2.45, 2.75) is 45.1 Å². The third-order valence-electron chi connectivity index (χ3n) is 3.86. The van der Waals surface area contributed by atoms with Gasteiger partial charge in [-0.25, -0.2) is 0 Å². The van der Waals surface area contributed by atoms with Crippen LogP contribution < -0.4 is 5.73 Å². The van der Waals surface area contributed by atoms with Crippen molar-refractivity contribution in [3.8, 4) is 0 Å². The lowest BCUT2D eigenvalue weighted by Gasteiger charge is -2.31. The number of nitrogens with zero attached hydrogens (tertiary/aromatic N) is 1. The third kappa shape index (κ3) is 2.64. The Morgan fingerprint density at radius 2 is 2.12 bits per heavy atom. The Kier molecular flexibility index (Phi) is 3.65. The quantitative estimate of drug-likeness (QED) is 0.924. The largest absolute Gasteiger partial charge is 0.327 e. The number of aromatic nitrogens is 1. The molecule has 1 saturated carbocycles. The van der Waals surface area contributed by atoms with E-state index < -0.39 is 0 Å². The van der Waals surface area contributed by atoms with Crippen LogP contribution in [0.15, 0.2) is 22.9 Å². The van der Waals surface area contributed by atoms with Crippen molar-refractivity contribution >= 4 is 15.9 Å². The topological polar surface area (TPSA) is 38.9 Å². The lowest BCUT2D eigenvalue weighted by molar-refractivity contribution is 0.260. The zero-order chi connectivity index (χ0) is 11.6. The first-order valence-corrected chi connectivity index (χ1v) is 6.74. The van der Waals surface area contributed by atoms with E-state index in [1.807, 2.05) is 12.4 Å². The Morgan fingerprint density at radius 3 is 2.75 bits per heavy atom. The SMILES string of the molecule is CC1(C(N)Cc2cncc(Br)c2)CCCC1. The molecule has 1 aliphatic rings. The molecule has 0 aliphatic heterocycles. The van der Waals surface area contributed by atoms with E-state index in [9.17, 15) is 0 Å². The highest BCUT2D eigenvalue weighted by molar-refractivity contribution is 9.10. The Morgan fingerprint density at radius 1 is 1.44 bits per heavy atom. The fraction of sp³-hybridized carbons (Fsp3) is 0.615. The van der Waals surface area contributed by atoms with Gasteiger partial charge in [0, 0.05) is 22.9 Å². The molecule has 1 aromatic heterocycles. The Bertz CT molecular complexity index is 359. The molecule has 2 rings (SSSR count). The molecule has 1 fully saturated rings. The van der Waals surface area contributed by atoms with Gasteiger partial charge in [0.2, 0.25) is 0 Å². The molecule has 1 unspecified atom stereocenters. The molecule has 0 bridgehead atoms. The average molecular weight is 283 g/mol. The monoisotopic (exact) mass is 282 g/mol. The van der Waals surface area contributed by atoms with Gasteiger partial charge in [-0.1, -0.05) is 19.8 Å². The second-order valence-corrected chi connectivity index (χ2v) is 6.10. The fourth-order valence-electron chi connectivity index (χ4n) is 2.62. The molecule has 2 N–H and O–H groups in total. The number of hydrogen-bond acceptors (Lipinski definition) is 2. The van der Waals surface area contributed by atoms with Gasteiger partial charge in [0.05, 0.1) is 0 Å². The normalized spacial score (nSPS) is 20.9. The molecule has 1 aliphatic carbocycles. The van der Waals surface area contributed by atoms with Crippen LogP contribution in [0.1, 0.15) is 38.2 Å². The Hall–Kier alpha value is -0.410. The van der Waals surface area contributed by atoms with Gasteiger partial charge in [-0.05, 0) is 52.2 Å². The van der Waals surface area contributed by atoms with Crippen LogP contribution in [0.3, 0.4) is 0 Å². The molecule has 0 radical (unpaired) electrons. The lowest BCUT2D eigenvalue weighted by Crippen LogP contribution is -2.39. The predicted molar refractivity (Wildman–Crippen MR) is 70.2 cm³/mol. The molecule has 0 saturated heterocycles. The van der Waals surface area contributed by atoms with Crippen LogP contribution in [0.5, 0.6) is 0 Å². The standard InChI is InChI=1S/C13H19BrN2/c1-13(4-2-3-5-13)12(15)7-10-6-11(14)9-16-8-10/h6,8-9,12H,2-5,7,15H2,1H3. The second kappa shape index (κ2) is 4.84. The summed E-state index contributed by atoms with van der Waals surface area (Å²) in [6.07, 6.45) is 9.88. The summed E-state index contributed by atoms with van der Waals surface area (Å²) in [6.45, 7) is 2.33. The van der Waals surface area contributed by atoms with Gasteiger partial charge in [0.25, 0.3) is 0 Å². The maximum atomic E-state index is 6.35. The first-order valence-electron chi connectivity index (χ1n) is 5.95. The van der Waals surface area contributed by atoms with Crippen molar-refractivity contribution in [3.63, 3.8) is 0 Å². The van der Waals surface area contributed by atoms with E-state index in [4.69, 9.17) is 5.73 Å². The molecule has 0 spiro atoms. The number of nitrogens with two attached hydrogens (primary N) is 1. The molecular formula is C13H19BrN2. The molecular weight excluding hydrogens is 264 g/mol. The number of hydrogen-bond donors (Lipinski definition) is 1. The van der Waals surface area contributed by atoms with Crippen molar-refractivity contribution < 1.29 is 0 Å². The smallest absolute Gasteiger partial charge is 0.0410 e. The minimum atomic E-state index is 0.256. The van der Waals surface area contributed by atoms with Crippen LogP contribution in [-0.2, 0) is 6.42 Å². The highest BCUT2D eigenvalue weighted by Gasteiger charge is 2.34. The van der Waals surface area contributed by atoms with Crippen LogP contribution in [0.4, 0.5) is 0 Å². The molecule has 1 heterocycles. The zero-order valence-electron chi connectivity index (χ0n) is 9.75. The van der Waals surface area contributed by atoms with Gasteiger partial charge >= 0.3 is 0 Å². The van der Waals surface area contributed by atoms with Crippen LogP contribution >= 0.6 is 15.9 Å². The predicted octanol–water partition coefficient (Wildman–Crippen LogP) is 3.29. The molecule has 88 valence electrons. The van der Waals surface area contributed by atoms with Gasteiger partial charge < -0.3 is 5.73 Å². The van der Waals surface area contributed by atoms with E-state index in [0.717, 1.165) is 10.9 Å². The van der Waals surface area contributed by atoms with Crippen molar-refractivity contribution in [2.75, 3.05) is 0 Å². The maximum Gasteiger partial charge on any atom is 0.0410 e. The summed E-state index contributed by atoms with van der Waals surface area (Å²) in [4.78, 5) is 4.18. The summed E-state index contributed by atoms with van der Waals surface area (Å²) in [5.74, 6) is 0. The fourth-order valence-corrected chi connectivity index (χ4v) is 3.03. The summed E-state index contributed by atoms with van der Waals surface area (Å²) in [7, 11) is 0. The van der Waals surface area contributed by atoms with Gasteiger partial charge in [-0.2, -0.15) is 0 Å². The van der Waals surface area contributed by atoms with Crippen LogP contribution in [-0.4, -0.2) is 11.0 Å². The van der Waals surface area contributed by atoms with Crippen LogP contribution in [0, 0.1) is 5.41 Å². The summed E-state index contributed by atoms with van der Waals surface area (Å²) in [5.41, 5.74) is 7.92. The van der Waals surface area contributed by atoms with E-state index in [0.29, 0.717) is 5.41 Å². The average Bonchev–Trinajstić information content (AvgIpc) is 2.66. The minimum absolute atomic E-state index is 0.256. The van der Waals surface area contributed by atoms with E-state index in [-0.39, 0.29) is 6.04 Å².